The summed E-state index contributed by atoms with van der Waals surface area (Å²) in [7, 11) is 1.63. The van der Waals surface area contributed by atoms with Gasteiger partial charge in [0.25, 0.3) is 0 Å². The van der Waals surface area contributed by atoms with E-state index in [1.165, 1.54) is 0 Å². The topological polar surface area (TPSA) is 103 Å². The zero-order valence-electron chi connectivity index (χ0n) is 17.0. The molecule has 0 saturated carbocycles. The van der Waals surface area contributed by atoms with Crippen molar-refractivity contribution in [2.45, 2.75) is 46.0 Å². The van der Waals surface area contributed by atoms with Crippen molar-refractivity contribution in [1.29, 1.82) is 0 Å². The lowest BCUT2D eigenvalue weighted by atomic mass is 10.1. The number of rotatable bonds is 10. The highest BCUT2D eigenvalue weighted by molar-refractivity contribution is 5.78. The molecule has 0 radical (unpaired) electrons. The Morgan fingerprint density at radius 3 is 2.55 bits per heavy atom. The average molecular weight is 398 g/mol. The summed E-state index contributed by atoms with van der Waals surface area (Å²) in [6.45, 7) is 4.31. The Labute approximate surface area is 169 Å². The maximum absolute atomic E-state index is 12.0. The number of aryl methyl sites for hydroxylation is 3. The summed E-state index contributed by atoms with van der Waals surface area (Å²) in [6.07, 6.45) is 3.80. The molecular weight excluding hydrogens is 372 g/mol. The van der Waals surface area contributed by atoms with Gasteiger partial charge in [0.15, 0.2) is 0 Å². The maximum Gasteiger partial charge on any atom is 0.226 e. The third kappa shape index (κ3) is 5.66. The van der Waals surface area contributed by atoms with Gasteiger partial charge >= 0.3 is 0 Å². The van der Waals surface area contributed by atoms with Gasteiger partial charge in [-0.05, 0) is 51.0 Å². The number of hydrogen-bond donors (Lipinski definition) is 1. The predicted molar refractivity (Wildman–Crippen MR) is 107 cm³/mol. The number of hydrogen-bond acceptors (Lipinski definition) is 7. The molecule has 0 saturated heterocycles. The standard InChI is InChI=1S/C21H26N4O4/c1-14-18(15(2)28-24-14)13-19(26)22-12-6-4-5-7-20-23-21(25-29-20)16-8-10-17(27-3)11-9-16/h8-11H,4-7,12-13H2,1-3H3,(H,22,26). The molecule has 0 atom stereocenters. The fourth-order valence-electron chi connectivity index (χ4n) is 3.00. The Hall–Kier alpha value is -3.16. The number of methoxy groups -OCH3 is 1. The summed E-state index contributed by atoms with van der Waals surface area (Å²) in [4.78, 5) is 16.5. The number of nitrogens with zero attached hydrogens (tertiary/aromatic N) is 3. The summed E-state index contributed by atoms with van der Waals surface area (Å²) in [6, 6.07) is 7.54. The van der Waals surface area contributed by atoms with Crippen molar-refractivity contribution in [3.05, 3.63) is 47.2 Å². The third-order valence-electron chi connectivity index (χ3n) is 4.72. The van der Waals surface area contributed by atoms with Crippen LogP contribution in [0.3, 0.4) is 0 Å². The SMILES string of the molecule is COc1ccc(-c2noc(CCCCCNC(=O)Cc3c(C)noc3C)n2)cc1. The van der Waals surface area contributed by atoms with Gasteiger partial charge in [-0.15, -0.1) is 0 Å². The Morgan fingerprint density at radius 1 is 1.07 bits per heavy atom. The Bertz CT molecular complexity index is 911. The second kappa shape index (κ2) is 9.86. The number of unbranched alkanes of at least 4 members (excludes halogenated alkanes) is 2. The van der Waals surface area contributed by atoms with Crippen LogP contribution >= 0.6 is 0 Å². The number of amides is 1. The molecule has 0 fully saturated rings. The fourth-order valence-corrected chi connectivity index (χ4v) is 3.00. The smallest absolute Gasteiger partial charge is 0.226 e. The summed E-state index contributed by atoms with van der Waals surface area (Å²) < 4.78 is 15.6. The molecule has 29 heavy (non-hydrogen) atoms. The molecule has 1 amide bonds. The van der Waals surface area contributed by atoms with Crippen LogP contribution in [-0.4, -0.2) is 34.9 Å². The van der Waals surface area contributed by atoms with E-state index in [0.29, 0.717) is 30.4 Å². The van der Waals surface area contributed by atoms with E-state index in [2.05, 4.69) is 20.6 Å². The van der Waals surface area contributed by atoms with Crippen molar-refractivity contribution < 1.29 is 18.6 Å². The highest BCUT2D eigenvalue weighted by atomic mass is 16.5. The van der Waals surface area contributed by atoms with E-state index >= 15 is 0 Å². The van der Waals surface area contributed by atoms with Crippen molar-refractivity contribution in [3.8, 4) is 17.1 Å². The molecule has 3 rings (SSSR count). The van der Waals surface area contributed by atoms with E-state index in [0.717, 1.165) is 48.3 Å². The van der Waals surface area contributed by atoms with Gasteiger partial charge in [0.1, 0.15) is 11.5 Å². The monoisotopic (exact) mass is 398 g/mol. The van der Waals surface area contributed by atoms with Crippen LogP contribution in [0.25, 0.3) is 11.4 Å². The van der Waals surface area contributed by atoms with Gasteiger partial charge in [-0.2, -0.15) is 4.98 Å². The Morgan fingerprint density at radius 2 is 1.86 bits per heavy atom. The minimum absolute atomic E-state index is 0.0135. The lowest BCUT2D eigenvalue weighted by Gasteiger charge is -2.04. The van der Waals surface area contributed by atoms with Gasteiger partial charge in [-0.25, -0.2) is 0 Å². The van der Waals surface area contributed by atoms with Gasteiger partial charge in [-0.1, -0.05) is 16.7 Å². The van der Waals surface area contributed by atoms with E-state index in [4.69, 9.17) is 13.8 Å². The van der Waals surface area contributed by atoms with Crippen molar-refractivity contribution in [1.82, 2.24) is 20.6 Å². The lowest BCUT2D eigenvalue weighted by molar-refractivity contribution is -0.120. The second-order valence-electron chi connectivity index (χ2n) is 6.88. The normalized spacial score (nSPS) is 10.9. The third-order valence-corrected chi connectivity index (χ3v) is 4.72. The number of ether oxygens (including phenoxy) is 1. The minimum atomic E-state index is -0.0135. The largest absolute Gasteiger partial charge is 0.497 e. The molecule has 0 aliphatic rings. The van der Waals surface area contributed by atoms with E-state index in [-0.39, 0.29) is 5.91 Å². The number of nitrogens with one attached hydrogen (secondary N) is 1. The van der Waals surface area contributed by atoms with E-state index < -0.39 is 0 Å². The summed E-state index contributed by atoms with van der Waals surface area (Å²) in [5.41, 5.74) is 2.53. The molecule has 3 aromatic rings. The van der Waals surface area contributed by atoms with Gasteiger partial charge in [0, 0.05) is 24.1 Å². The first-order valence-corrected chi connectivity index (χ1v) is 9.72. The number of benzene rings is 1. The molecule has 0 aliphatic heterocycles. The Balaban J connectivity index is 1.33. The molecule has 1 N–H and O–H groups in total. The quantitative estimate of drug-likeness (QED) is 0.522. The number of carbonyl (C=O) groups excluding carboxylic acids is 1. The van der Waals surface area contributed by atoms with Crippen LogP contribution in [-0.2, 0) is 17.6 Å². The van der Waals surface area contributed by atoms with E-state index in [1.54, 1.807) is 7.11 Å². The summed E-state index contributed by atoms with van der Waals surface area (Å²) in [5.74, 6) is 2.68. The van der Waals surface area contributed by atoms with Crippen molar-refractivity contribution >= 4 is 5.91 Å². The van der Waals surface area contributed by atoms with Crippen molar-refractivity contribution in [2.24, 2.45) is 0 Å². The summed E-state index contributed by atoms with van der Waals surface area (Å²) >= 11 is 0. The van der Waals surface area contributed by atoms with E-state index in [9.17, 15) is 4.79 Å². The molecule has 0 spiro atoms. The average Bonchev–Trinajstić information content (AvgIpc) is 3.33. The van der Waals surface area contributed by atoms with Crippen LogP contribution in [0.15, 0.2) is 33.3 Å². The van der Waals surface area contributed by atoms with Crippen molar-refractivity contribution in [3.63, 3.8) is 0 Å². The molecule has 154 valence electrons. The molecule has 0 unspecified atom stereocenters. The molecule has 2 aromatic heterocycles. The molecule has 1 aromatic carbocycles. The van der Waals surface area contributed by atoms with Crippen molar-refractivity contribution in [2.75, 3.05) is 13.7 Å². The Kier molecular flexibility index (Phi) is 6.99. The maximum atomic E-state index is 12.0. The first kappa shape index (κ1) is 20.6. The van der Waals surface area contributed by atoms with Gasteiger partial charge < -0.3 is 19.1 Å². The van der Waals surface area contributed by atoms with Gasteiger partial charge in [0.2, 0.25) is 17.6 Å². The molecule has 0 bridgehead atoms. The van der Waals surface area contributed by atoms with Crippen LogP contribution in [0.1, 0.15) is 42.2 Å². The highest BCUT2D eigenvalue weighted by Crippen LogP contribution is 2.20. The summed E-state index contributed by atoms with van der Waals surface area (Å²) in [5, 5.41) is 10.8. The minimum Gasteiger partial charge on any atom is -0.497 e. The molecule has 2 heterocycles. The first-order valence-electron chi connectivity index (χ1n) is 9.72. The highest BCUT2D eigenvalue weighted by Gasteiger charge is 2.13. The zero-order chi connectivity index (χ0) is 20.6. The molecule has 8 nitrogen and oxygen atoms in total. The zero-order valence-corrected chi connectivity index (χ0v) is 17.0. The lowest BCUT2D eigenvalue weighted by Crippen LogP contribution is -2.26. The van der Waals surface area contributed by atoms with Crippen LogP contribution in [0.4, 0.5) is 0 Å². The van der Waals surface area contributed by atoms with Crippen LogP contribution in [0.2, 0.25) is 0 Å². The predicted octanol–water partition coefficient (Wildman–Crippen LogP) is 3.42. The fraction of sp³-hybridized carbons (Fsp3) is 0.429. The first-order chi connectivity index (χ1) is 14.1. The number of carbonyl (C=O) groups is 1. The molecule has 0 aliphatic carbocycles. The van der Waals surface area contributed by atoms with Gasteiger partial charge in [0.05, 0.1) is 19.2 Å². The van der Waals surface area contributed by atoms with Crippen LogP contribution in [0, 0.1) is 13.8 Å². The molecular formula is C21H26N4O4. The molecule has 8 heteroatoms. The second-order valence-corrected chi connectivity index (χ2v) is 6.88. The van der Waals surface area contributed by atoms with E-state index in [1.807, 2.05) is 38.1 Å². The van der Waals surface area contributed by atoms with Gasteiger partial charge in [-0.3, -0.25) is 4.79 Å². The number of aromatic nitrogens is 3. The van der Waals surface area contributed by atoms with Crippen LogP contribution in [0.5, 0.6) is 5.75 Å². The van der Waals surface area contributed by atoms with Crippen LogP contribution < -0.4 is 10.1 Å².